The summed E-state index contributed by atoms with van der Waals surface area (Å²) in [5.74, 6) is 0.427. The van der Waals surface area contributed by atoms with Crippen LogP contribution in [-0.2, 0) is 22.6 Å². The van der Waals surface area contributed by atoms with E-state index in [9.17, 15) is 9.59 Å². The third-order valence-electron chi connectivity index (χ3n) is 4.49. The van der Waals surface area contributed by atoms with Gasteiger partial charge in [-0.25, -0.2) is 4.68 Å². The summed E-state index contributed by atoms with van der Waals surface area (Å²) < 4.78 is 7.35. The number of anilines is 1. The lowest BCUT2D eigenvalue weighted by molar-refractivity contribution is -0.123. The molecule has 1 aliphatic heterocycles. The van der Waals surface area contributed by atoms with Gasteiger partial charge in [-0.1, -0.05) is 18.2 Å². The highest BCUT2D eigenvalue weighted by molar-refractivity contribution is 5.94. The zero-order valence-corrected chi connectivity index (χ0v) is 15.2. The van der Waals surface area contributed by atoms with E-state index in [1.54, 1.807) is 23.0 Å². The molecule has 2 aromatic carbocycles. The molecule has 2 amide bonds. The Bertz CT molecular complexity index is 998. The molecule has 7 heteroatoms. The van der Waals surface area contributed by atoms with Gasteiger partial charge in [0.1, 0.15) is 5.75 Å². The maximum atomic E-state index is 12.1. The molecule has 1 aliphatic rings. The van der Waals surface area contributed by atoms with E-state index in [1.165, 1.54) is 0 Å². The lowest BCUT2D eigenvalue weighted by Gasteiger charge is -2.17. The van der Waals surface area contributed by atoms with Crippen molar-refractivity contribution in [2.45, 2.75) is 19.4 Å². The number of aryl methyl sites for hydroxylation is 1. The van der Waals surface area contributed by atoms with E-state index < -0.39 is 0 Å². The zero-order chi connectivity index (χ0) is 19.3. The van der Waals surface area contributed by atoms with Gasteiger partial charge in [0.15, 0.2) is 6.61 Å². The van der Waals surface area contributed by atoms with Crippen molar-refractivity contribution in [2.75, 3.05) is 11.9 Å². The molecule has 0 atom stereocenters. The first-order chi connectivity index (χ1) is 13.7. The number of carbonyl (C=O) groups is 2. The average molecular weight is 376 g/mol. The van der Waals surface area contributed by atoms with Crippen LogP contribution in [0.3, 0.4) is 0 Å². The Morgan fingerprint density at radius 2 is 2.04 bits per heavy atom. The molecule has 0 spiro atoms. The van der Waals surface area contributed by atoms with E-state index in [4.69, 9.17) is 4.74 Å². The number of carbonyl (C=O) groups excluding carboxylic acids is 2. The molecule has 1 aromatic heterocycles. The van der Waals surface area contributed by atoms with Crippen LogP contribution in [0.25, 0.3) is 5.69 Å². The Morgan fingerprint density at radius 1 is 1.18 bits per heavy atom. The number of ether oxygens (including phenoxy) is 1. The number of aromatic nitrogens is 2. The van der Waals surface area contributed by atoms with Gasteiger partial charge in [0, 0.05) is 30.4 Å². The van der Waals surface area contributed by atoms with Crippen LogP contribution in [0.2, 0.25) is 0 Å². The summed E-state index contributed by atoms with van der Waals surface area (Å²) in [6.07, 6.45) is 4.75. The Balaban J connectivity index is 1.27. The van der Waals surface area contributed by atoms with Gasteiger partial charge in [-0.2, -0.15) is 5.10 Å². The fourth-order valence-corrected chi connectivity index (χ4v) is 3.02. The van der Waals surface area contributed by atoms with Crippen LogP contribution in [0.15, 0.2) is 60.9 Å². The van der Waals surface area contributed by atoms with Crippen LogP contribution in [0.4, 0.5) is 5.69 Å². The molecule has 142 valence electrons. The minimum Gasteiger partial charge on any atom is -0.484 e. The van der Waals surface area contributed by atoms with Gasteiger partial charge in [-0.3, -0.25) is 9.59 Å². The largest absolute Gasteiger partial charge is 0.484 e. The summed E-state index contributed by atoms with van der Waals surface area (Å²) in [5, 5.41) is 9.96. The molecule has 0 saturated heterocycles. The monoisotopic (exact) mass is 376 g/mol. The van der Waals surface area contributed by atoms with Gasteiger partial charge in [0.05, 0.1) is 11.9 Å². The highest BCUT2D eigenvalue weighted by Gasteiger charge is 2.15. The molecule has 0 aliphatic carbocycles. The first-order valence-electron chi connectivity index (χ1n) is 9.08. The minimum absolute atomic E-state index is 0.0242. The highest BCUT2D eigenvalue weighted by atomic mass is 16.5. The van der Waals surface area contributed by atoms with E-state index in [0.717, 1.165) is 22.5 Å². The molecular formula is C21H20N4O3. The maximum absolute atomic E-state index is 12.1. The molecule has 4 rings (SSSR count). The number of nitrogens with one attached hydrogen (secondary N) is 2. The van der Waals surface area contributed by atoms with E-state index >= 15 is 0 Å². The normalized spacial score (nSPS) is 12.8. The maximum Gasteiger partial charge on any atom is 0.258 e. The van der Waals surface area contributed by atoms with Gasteiger partial charge < -0.3 is 15.4 Å². The molecule has 2 heterocycles. The van der Waals surface area contributed by atoms with E-state index in [-0.39, 0.29) is 18.4 Å². The number of para-hydroxylation sites is 1. The van der Waals surface area contributed by atoms with Gasteiger partial charge in [-0.05, 0) is 42.3 Å². The molecule has 0 unspecified atom stereocenters. The Hall–Kier alpha value is -3.61. The summed E-state index contributed by atoms with van der Waals surface area (Å²) in [6.45, 7) is 0.309. The van der Waals surface area contributed by atoms with Crippen molar-refractivity contribution in [3.05, 3.63) is 72.1 Å². The van der Waals surface area contributed by atoms with Crippen molar-refractivity contribution in [1.82, 2.24) is 15.1 Å². The van der Waals surface area contributed by atoms with Crippen LogP contribution in [0, 0.1) is 0 Å². The number of fused-ring (bicyclic) bond motifs is 1. The second-order valence-electron chi connectivity index (χ2n) is 6.56. The topological polar surface area (TPSA) is 85.2 Å². The molecule has 0 radical (unpaired) electrons. The van der Waals surface area contributed by atoms with Crippen LogP contribution < -0.4 is 15.4 Å². The first-order valence-corrected chi connectivity index (χ1v) is 9.08. The van der Waals surface area contributed by atoms with Crippen LogP contribution in [0.1, 0.15) is 17.5 Å². The molecule has 2 N–H and O–H groups in total. The van der Waals surface area contributed by atoms with E-state index in [2.05, 4.69) is 15.7 Å². The predicted molar refractivity (Wildman–Crippen MR) is 104 cm³/mol. The van der Waals surface area contributed by atoms with Crippen LogP contribution in [0.5, 0.6) is 5.75 Å². The van der Waals surface area contributed by atoms with Crippen molar-refractivity contribution in [3.8, 4) is 11.4 Å². The number of nitrogens with zero attached hydrogens (tertiary/aromatic N) is 2. The quantitative estimate of drug-likeness (QED) is 0.692. The van der Waals surface area contributed by atoms with E-state index in [1.807, 2.05) is 42.6 Å². The summed E-state index contributed by atoms with van der Waals surface area (Å²) in [5.41, 5.74) is 3.70. The van der Waals surface area contributed by atoms with Crippen molar-refractivity contribution in [3.63, 3.8) is 0 Å². The number of amides is 2. The van der Waals surface area contributed by atoms with Crippen LogP contribution in [-0.4, -0.2) is 28.2 Å². The van der Waals surface area contributed by atoms with Crippen LogP contribution >= 0.6 is 0 Å². The Morgan fingerprint density at radius 3 is 2.89 bits per heavy atom. The lowest BCUT2D eigenvalue weighted by atomic mass is 10.0. The SMILES string of the molecule is O=C(COc1ccc2c(c1)CCC(=O)N2)NCc1cnn(-c2ccccc2)c1. The second kappa shape index (κ2) is 7.96. The van der Waals surface area contributed by atoms with Crippen molar-refractivity contribution in [2.24, 2.45) is 0 Å². The molecule has 0 saturated carbocycles. The summed E-state index contributed by atoms with van der Waals surface area (Å²) in [4.78, 5) is 23.5. The minimum atomic E-state index is -0.210. The average Bonchev–Trinajstić information content (AvgIpc) is 3.20. The van der Waals surface area contributed by atoms with E-state index in [0.29, 0.717) is 25.1 Å². The van der Waals surface area contributed by atoms with Gasteiger partial charge >= 0.3 is 0 Å². The molecule has 7 nitrogen and oxygen atoms in total. The van der Waals surface area contributed by atoms with Crippen molar-refractivity contribution in [1.29, 1.82) is 0 Å². The summed E-state index contributed by atoms with van der Waals surface area (Å²) >= 11 is 0. The van der Waals surface area contributed by atoms with Crippen molar-refractivity contribution >= 4 is 17.5 Å². The van der Waals surface area contributed by atoms with Gasteiger partial charge in [-0.15, -0.1) is 0 Å². The summed E-state index contributed by atoms with van der Waals surface area (Å²) in [6, 6.07) is 15.2. The third-order valence-corrected chi connectivity index (χ3v) is 4.49. The zero-order valence-electron chi connectivity index (χ0n) is 15.2. The fourth-order valence-electron chi connectivity index (χ4n) is 3.02. The second-order valence-corrected chi connectivity index (χ2v) is 6.56. The highest BCUT2D eigenvalue weighted by Crippen LogP contribution is 2.26. The molecule has 28 heavy (non-hydrogen) atoms. The Kier molecular flexibility index (Phi) is 5.05. The molecule has 0 bridgehead atoms. The van der Waals surface area contributed by atoms with Gasteiger partial charge in [0.25, 0.3) is 5.91 Å². The smallest absolute Gasteiger partial charge is 0.258 e. The van der Waals surface area contributed by atoms with Gasteiger partial charge in [0.2, 0.25) is 5.91 Å². The number of hydrogen-bond acceptors (Lipinski definition) is 4. The van der Waals surface area contributed by atoms with Crippen molar-refractivity contribution < 1.29 is 14.3 Å². The third kappa shape index (κ3) is 4.20. The number of benzene rings is 2. The molecule has 3 aromatic rings. The number of hydrogen-bond donors (Lipinski definition) is 2. The lowest BCUT2D eigenvalue weighted by Crippen LogP contribution is -2.28. The number of rotatable bonds is 6. The predicted octanol–water partition coefficient (Wildman–Crippen LogP) is 2.45. The molecular weight excluding hydrogens is 356 g/mol. The standard InChI is InChI=1S/C21H20N4O3/c26-20-9-6-16-10-18(7-8-19(16)24-20)28-14-21(27)22-11-15-12-23-25(13-15)17-4-2-1-3-5-17/h1-5,7-8,10,12-13H,6,9,11,14H2,(H,22,27)(H,24,26). The summed E-state index contributed by atoms with van der Waals surface area (Å²) in [7, 11) is 0. The fraction of sp³-hybridized carbons (Fsp3) is 0.190. The molecule has 0 fully saturated rings. The first kappa shape index (κ1) is 17.8. The Labute approximate surface area is 162 Å².